The minimum absolute atomic E-state index is 0.0189. The number of hydrogen-bond acceptors (Lipinski definition) is 3. The standard InChI is InChI=1S/C9H14N4O/c1-6-8(5-13(2)12-6)11-9(14)7-3-4-10-7/h5,7,10H,3-4H2,1-2H3,(H,11,14). The van der Waals surface area contributed by atoms with Crippen LogP contribution < -0.4 is 10.6 Å². The van der Waals surface area contributed by atoms with Crippen molar-refractivity contribution in [1.82, 2.24) is 15.1 Å². The van der Waals surface area contributed by atoms with Gasteiger partial charge in [0.05, 0.1) is 17.4 Å². The lowest BCUT2D eigenvalue weighted by Gasteiger charge is -2.25. The van der Waals surface area contributed by atoms with Gasteiger partial charge in [-0.3, -0.25) is 9.48 Å². The van der Waals surface area contributed by atoms with Crippen LogP contribution in [0, 0.1) is 6.92 Å². The van der Waals surface area contributed by atoms with E-state index in [4.69, 9.17) is 0 Å². The Hall–Kier alpha value is -1.36. The van der Waals surface area contributed by atoms with Crippen molar-refractivity contribution in [3.05, 3.63) is 11.9 Å². The highest BCUT2D eigenvalue weighted by molar-refractivity contribution is 5.95. The molecule has 0 spiro atoms. The first-order valence-corrected chi connectivity index (χ1v) is 4.71. The van der Waals surface area contributed by atoms with Crippen molar-refractivity contribution in [2.45, 2.75) is 19.4 Å². The van der Waals surface area contributed by atoms with Crippen molar-refractivity contribution in [3.63, 3.8) is 0 Å². The van der Waals surface area contributed by atoms with Gasteiger partial charge in [0.25, 0.3) is 0 Å². The summed E-state index contributed by atoms with van der Waals surface area (Å²) in [6.07, 6.45) is 2.73. The molecular weight excluding hydrogens is 180 g/mol. The van der Waals surface area contributed by atoms with Crippen molar-refractivity contribution < 1.29 is 4.79 Å². The summed E-state index contributed by atoms with van der Waals surface area (Å²) in [7, 11) is 1.84. The van der Waals surface area contributed by atoms with Gasteiger partial charge in [-0.05, 0) is 19.9 Å². The number of nitrogens with one attached hydrogen (secondary N) is 2. The molecule has 0 aromatic carbocycles. The molecule has 2 rings (SSSR count). The Bertz CT molecular complexity index is 354. The lowest BCUT2D eigenvalue weighted by molar-refractivity contribution is -0.119. The summed E-state index contributed by atoms with van der Waals surface area (Å²) in [5.74, 6) is 0.0346. The van der Waals surface area contributed by atoms with Crippen LogP contribution in [0.5, 0.6) is 0 Å². The average Bonchev–Trinajstić information content (AvgIpc) is 2.26. The van der Waals surface area contributed by atoms with E-state index in [0.29, 0.717) is 0 Å². The third-order valence-corrected chi connectivity index (χ3v) is 2.41. The molecule has 0 saturated carbocycles. The molecule has 1 aliphatic rings. The van der Waals surface area contributed by atoms with Crippen LogP contribution in [0.2, 0.25) is 0 Å². The molecule has 0 radical (unpaired) electrons. The van der Waals surface area contributed by atoms with Crippen molar-refractivity contribution in [3.8, 4) is 0 Å². The molecule has 1 aromatic heterocycles. The summed E-state index contributed by atoms with van der Waals surface area (Å²) >= 11 is 0. The smallest absolute Gasteiger partial charge is 0.241 e. The van der Waals surface area contributed by atoms with E-state index in [0.717, 1.165) is 24.3 Å². The van der Waals surface area contributed by atoms with Gasteiger partial charge in [0.15, 0.2) is 0 Å². The number of anilines is 1. The molecule has 5 nitrogen and oxygen atoms in total. The van der Waals surface area contributed by atoms with Crippen molar-refractivity contribution in [1.29, 1.82) is 0 Å². The highest BCUT2D eigenvalue weighted by Gasteiger charge is 2.24. The van der Waals surface area contributed by atoms with Gasteiger partial charge in [-0.2, -0.15) is 5.10 Å². The molecule has 1 fully saturated rings. The molecule has 1 saturated heterocycles. The molecule has 2 N–H and O–H groups in total. The Balaban J connectivity index is 2.02. The highest BCUT2D eigenvalue weighted by atomic mass is 16.2. The van der Waals surface area contributed by atoms with Gasteiger partial charge in [0.2, 0.25) is 5.91 Å². The van der Waals surface area contributed by atoms with Crippen LogP contribution >= 0.6 is 0 Å². The maximum absolute atomic E-state index is 11.5. The maximum Gasteiger partial charge on any atom is 0.241 e. The van der Waals surface area contributed by atoms with E-state index in [1.807, 2.05) is 20.2 Å². The SMILES string of the molecule is Cc1nn(C)cc1NC(=O)C1CCN1. The third-order valence-electron chi connectivity index (χ3n) is 2.41. The maximum atomic E-state index is 11.5. The molecule has 1 atom stereocenters. The summed E-state index contributed by atoms with van der Waals surface area (Å²) in [6, 6.07) is -0.0189. The second-order valence-corrected chi connectivity index (χ2v) is 3.59. The van der Waals surface area contributed by atoms with Gasteiger partial charge >= 0.3 is 0 Å². The zero-order chi connectivity index (χ0) is 10.1. The third kappa shape index (κ3) is 1.63. The van der Waals surface area contributed by atoms with Crippen LogP contribution in [0.1, 0.15) is 12.1 Å². The normalized spacial score (nSPS) is 20.3. The number of rotatable bonds is 2. The van der Waals surface area contributed by atoms with Gasteiger partial charge in [-0.15, -0.1) is 0 Å². The second-order valence-electron chi connectivity index (χ2n) is 3.59. The van der Waals surface area contributed by atoms with Crippen LogP contribution in [-0.4, -0.2) is 28.3 Å². The molecule has 14 heavy (non-hydrogen) atoms. The zero-order valence-electron chi connectivity index (χ0n) is 8.37. The Morgan fingerprint density at radius 1 is 1.79 bits per heavy atom. The number of aromatic nitrogens is 2. The molecule has 0 aliphatic carbocycles. The molecule has 2 heterocycles. The van der Waals surface area contributed by atoms with Crippen LogP contribution in [-0.2, 0) is 11.8 Å². The molecular formula is C9H14N4O. The van der Waals surface area contributed by atoms with Gasteiger partial charge in [0.1, 0.15) is 0 Å². The molecule has 5 heteroatoms. The minimum Gasteiger partial charge on any atom is -0.322 e. The number of carbonyl (C=O) groups excluding carboxylic acids is 1. The molecule has 0 bridgehead atoms. The molecule has 1 aliphatic heterocycles. The predicted octanol–water partition coefficient (Wildman–Crippen LogP) is 0.0289. The fourth-order valence-corrected chi connectivity index (χ4v) is 1.45. The monoisotopic (exact) mass is 194 g/mol. The van der Waals surface area contributed by atoms with Crippen molar-refractivity contribution in [2.24, 2.45) is 7.05 Å². The van der Waals surface area contributed by atoms with E-state index in [9.17, 15) is 4.79 Å². The van der Waals surface area contributed by atoms with Crippen LogP contribution in [0.3, 0.4) is 0 Å². The summed E-state index contributed by atoms with van der Waals surface area (Å²) in [6.45, 7) is 2.81. The predicted molar refractivity (Wildman–Crippen MR) is 53.0 cm³/mol. The van der Waals surface area contributed by atoms with E-state index in [1.54, 1.807) is 4.68 Å². The van der Waals surface area contributed by atoms with Crippen LogP contribution in [0.25, 0.3) is 0 Å². The lowest BCUT2D eigenvalue weighted by atomic mass is 10.1. The van der Waals surface area contributed by atoms with Gasteiger partial charge < -0.3 is 10.6 Å². The summed E-state index contributed by atoms with van der Waals surface area (Å²) < 4.78 is 1.69. The van der Waals surface area contributed by atoms with Crippen LogP contribution in [0.4, 0.5) is 5.69 Å². The second kappa shape index (κ2) is 3.42. The summed E-state index contributed by atoms with van der Waals surface area (Å²) in [5.41, 5.74) is 1.64. The number of hydrogen-bond donors (Lipinski definition) is 2. The summed E-state index contributed by atoms with van der Waals surface area (Å²) in [4.78, 5) is 11.5. The van der Waals surface area contributed by atoms with Crippen molar-refractivity contribution in [2.75, 3.05) is 11.9 Å². The fraction of sp³-hybridized carbons (Fsp3) is 0.556. The fourth-order valence-electron chi connectivity index (χ4n) is 1.45. The Labute approximate surface area is 82.5 Å². The quantitative estimate of drug-likeness (QED) is 0.698. The van der Waals surface area contributed by atoms with Crippen molar-refractivity contribution >= 4 is 11.6 Å². The summed E-state index contributed by atoms with van der Waals surface area (Å²) in [5, 5.41) is 10.0. The topological polar surface area (TPSA) is 59.0 Å². The minimum atomic E-state index is -0.0189. The largest absolute Gasteiger partial charge is 0.322 e. The molecule has 1 unspecified atom stereocenters. The average molecular weight is 194 g/mol. The lowest BCUT2D eigenvalue weighted by Crippen LogP contribution is -2.50. The first-order valence-electron chi connectivity index (χ1n) is 4.71. The zero-order valence-corrected chi connectivity index (χ0v) is 8.37. The number of carbonyl (C=O) groups is 1. The first-order chi connectivity index (χ1) is 6.66. The van der Waals surface area contributed by atoms with E-state index >= 15 is 0 Å². The van der Waals surface area contributed by atoms with Gasteiger partial charge in [-0.25, -0.2) is 0 Å². The molecule has 1 aromatic rings. The Morgan fingerprint density at radius 3 is 2.93 bits per heavy atom. The van der Waals surface area contributed by atoms with Gasteiger partial charge in [-0.1, -0.05) is 0 Å². The number of amides is 1. The number of nitrogens with zero attached hydrogens (tertiary/aromatic N) is 2. The molecule has 76 valence electrons. The molecule has 1 amide bonds. The Morgan fingerprint density at radius 2 is 2.50 bits per heavy atom. The highest BCUT2D eigenvalue weighted by Crippen LogP contribution is 2.13. The van der Waals surface area contributed by atoms with E-state index in [1.165, 1.54) is 0 Å². The van der Waals surface area contributed by atoms with E-state index in [2.05, 4.69) is 15.7 Å². The van der Waals surface area contributed by atoms with Gasteiger partial charge in [0, 0.05) is 13.2 Å². The Kier molecular flexibility index (Phi) is 2.25. The van der Waals surface area contributed by atoms with E-state index in [-0.39, 0.29) is 11.9 Å². The van der Waals surface area contributed by atoms with E-state index < -0.39 is 0 Å². The van der Waals surface area contributed by atoms with Crippen LogP contribution in [0.15, 0.2) is 6.20 Å². The number of aryl methyl sites for hydroxylation is 2. The first kappa shape index (κ1) is 9.21.